The van der Waals surface area contributed by atoms with Crippen molar-refractivity contribution in [3.05, 3.63) is 205 Å². The van der Waals surface area contributed by atoms with E-state index in [4.69, 9.17) is 8.83 Å². The molecule has 1 atom stereocenters. The summed E-state index contributed by atoms with van der Waals surface area (Å²) in [7, 11) is 0. The summed E-state index contributed by atoms with van der Waals surface area (Å²) in [6.45, 7) is 2.35. The van der Waals surface area contributed by atoms with Crippen molar-refractivity contribution in [2.24, 2.45) is 0 Å². The molecule has 10 aromatic rings. The Kier molecular flexibility index (Phi) is 7.36. The molecule has 0 spiro atoms. The van der Waals surface area contributed by atoms with Crippen LogP contribution in [0.5, 0.6) is 0 Å². The highest BCUT2D eigenvalue weighted by atomic mass is 16.3. The molecule has 0 amide bonds. The number of nitrogens with zero attached hydrogens (tertiary/aromatic N) is 1. The zero-order valence-corrected chi connectivity index (χ0v) is 30.9. The van der Waals surface area contributed by atoms with Gasteiger partial charge in [-0.3, -0.25) is 0 Å². The van der Waals surface area contributed by atoms with E-state index in [1.165, 1.54) is 44.2 Å². The van der Waals surface area contributed by atoms with Crippen molar-refractivity contribution in [3.8, 4) is 22.3 Å². The van der Waals surface area contributed by atoms with Gasteiger partial charge in [-0.05, 0) is 88.3 Å². The summed E-state index contributed by atoms with van der Waals surface area (Å²) in [4.78, 5) is 2.34. The van der Waals surface area contributed by atoms with Crippen molar-refractivity contribution in [3.63, 3.8) is 0 Å². The third kappa shape index (κ3) is 5.27. The van der Waals surface area contributed by atoms with Gasteiger partial charge in [0.25, 0.3) is 0 Å². The summed E-state index contributed by atoms with van der Waals surface area (Å²) in [5.74, 6) is 0. The Morgan fingerprint density at radius 2 is 1.11 bits per heavy atom. The smallest absolute Gasteiger partial charge is 0.137 e. The van der Waals surface area contributed by atoms with Gasteiger partial charge in [-0.2, -0.15) is 0 Å². The van der Waals surface area contributed by atoms with Crippen molar-refractivity contribution in [1.29, 1.82) is 0 Å². The average molecular weight is 720 g/mol. The molecular weight excluding hydrogens is 683 g/mol. The maximum absolute atomic E-state index is 6.38. The highest BCUT2D eigenvalue weighted by Gasteiger charge is 2.29. The Hall–Kier alpha value is -7.10. The van der Waals surface area contributed by atoms with Gasteiger partial charge < -0.3 is 13.7 Å². The molecule has 0 saturated carbocycles. The molecule has 2 heterocycles. The van der Waals surface area contributed by atoms with E-state index in [0.29, 0.717) is 0 Å². The van der Waals surface area contributed by atoms with Crippen molar-refractivity contribution >= 4 is 67.0 Å². The number of furan rings is 2. The van der Waals surface area contributed by atoms with Crippen LogP contribution in [0.1, 0.15) is 23.6 Å². The van der Waals surface area contributed by atoms with Crippen molar-refractivity contribution < 1.29 is 8.83 Å². The fourth-order valence-corrected chi connectivity index (χ4v) is 8.81. The monoisotopic (exact) mass is 719 g/mol. The van der Waals surface area contributed by atoms with Crippen LogP contribution in [0, 0.1) is 0 Å². The molecule has 0 bridgehead atoms. The number of fused-ring (bicyclic) bond motifs is 8. The zero-order valence-electron chi connectivity index (χ0n) is 30.9. The van der Waals surface area contributed by atoms with Gasteiger partial charge in [-0.25, -0.2) is 0 Å². The summed E-state index contributed by atoms with van der Waals surface area (Å²) in [6, 6.07) is 64.9. The molecular formula is C53H37NO2. The first-order chi connectivity index (χ1) is 27.6. The van der Waals surface area contributed by atoms with E-state index in [0.717, 1.165) is 62.2 Å². The lowest BCUT2D eigenvalue weighted by molar-refractivity contribution is 0.587. The normalized spacial score (nSPS) is 15.2. The molecule has 3 heteroatoms. The number of hydrogen-bond acceptors (Lipinski definition) is 3. The molecule has 1 aliphatic rings. The van der Waals surface area contributed by atoms with E-state index in [-0.39, 0.29) is 5.41 Å². The van der Waals surface area contributed by atoms with Crippen molar-refractivity contribution in [2.75, 3.05) is 4.90 Å². The van der Waals surface area contributed by atoms with Gasteiger partial charge in [0.2, 0.25) is 0 Å². The molecule has 266 valence electrons. The third-order valence-corrected chi connectivity index (χ3v) is 11.7. The van der Waals surface area contributed by atoms with Gasteiger partial charge in [0, 0.05) is 50.0 Å². The van der Waals surface area contributed by atoms with Crippen molar-refractivity contribution in [2.45, 2.75) is 18.8 Å². The minimum Gasteiger partial charge on any atom is -0.456 e. The first-order valence-electron chi connectivity index (χ1n) is 19.3. The van der Waals surface area contributed by atoms with Crippen LogP contribution in [0.3, 0.4) is 0 Å². The Morgan fingerprint density at radius 3 is 1.91 bits per heavy atom. The van der Waals surface area contributed by atoms with E-state index >= 15 is 0 Å². The molecule has 56 heavy (non-hydrogen) atoms. The topological polar surface area (TPSA) is 29.5 Å². The summed E-state index contributed by atoms with van der Waals surface area (Å²) < 4.78 is 12.6. The molecule has 0 N–H and O–H groups in total. The van der Waals surface area contributed by atoms with Gasteiger partial charge in [-0.15, -0.1) is 0 Å². The largest absolute Gasteiger partial charge is 0.456 e. The Labute approximate surface area is 325 Å². The summed E-state index contributed by atoms with van der Waals surface area (Å²) in [5.41, 5.74) is 15.4. The van der Waals surface area contributed by atoms with Crippen LogP contribution in [-0.4, -0.2) is 0 Å². The molecule has 0 saturated heterocycles. The van der Waals surface area contributed by atoms with Crippen molar-refractivity contribution in [1.82, 2.24) is 0 Å². The molecule has 1 unspecified atom stereocenters. The van der Waals surface area contributed by atoms with Gasteiger partial charge in [0.05, 0.1) is 5.69 Å². The molecule has 3 nitrogen and oxygen atoms in total. The van der Waals surface area contributed by atoms with Gasteiger partial charge in [0.1, 0.15) is 22.3 Å². The maximum Gasteiger partial charge on any atom is 0.137 e. The Balaban J connectivity index is 0.936. The van der Waals surface area contributed by atoms with Crippen LogP contribution in [0.15, 0.2) is 197 Å². The lowest BCUT2D eigenvalue weighted by Crippen LogP contribution is -2.25. The van der Waals surface area contributed by atoms with Crippen LogP contribution in [0.2, 0.25) is 0 Å². The lowest BCUT2D eigenvalue weighted by atomic mass is 9.72. The first kappa shape index (κ1) is 32.3. The SMILES string of the molecule is CC1(c2ccc(-c3ccc(N(c4ccc5c(c4)oc4ccccc45)c4ccccc4-c4ccccc4)cc3)cc2)C=Cc2c(ccc3oc4ccccc4c23)C1. The van der Waals surface area contributed by atoms with E-state index < -0.39 is 0 Å². The third-order valence-electron chi connectivity index (χ3n) is 11.7. The first-order valence-corrected chi connectivity index (χ1v) is 19.3. The van der Waals surface area contributed by atoms with Crippen LogP contribution < -0.4 is 4.90 Å². The second-order valence-corrected chi connectivity index (χ2v) is 15.2. The Morgan fingerprint density at radius 1 is 0.482 bits per heavy atom. The minimum atomic E-state index is -0.115. The molecule has 2 aromatic heterocycles. The molecule has 11 rings (SSSR count). The van der Waals surface area contributed by atoms with Crippen LogP contribution >= 0.6 is 0 Å². The number of hydrogen-bond donors (Lipinski definition) is 0. The van der Waals surface area contributed by atoms with E-state index in [1.54, 1.807) is 0 Å². The van der Waals surface area contributed by atoms with E-state index in [2.05, 4.69) is 188 Å². The highest BCUT2D eigenvalue weighted by molar-refractivity contribution is 6.10. The molecule has 8 aromatic carbocycles. The van der Waals surface area contributed by atoms with Gasteiger partial charge in [0.15, 0.2) is 0 Å². The maximum atomic E-state index is 6.38. The second kappa shape index (κ2) is 12.8. The highest BCUT2D eigenvalue weighted by Crippen LogP contribution is 2.44. The number of anilines is 3. The predicted octanol–water partition coefficient (Wildman–Crippen LogP) is 14.8. The van der Waals surface area contributed by atoms with Gasteiger partial charge >= 0.3 is 0 Å². The standard InChI is InChI=1S/C53H37NO2/c1-53(32-31-43-38(34-53)23-30-50-52(43)46-15-7-10-18-49(46)55-50)39-24-19-35(20-25-39)36-21-26-40(27-22-36)54(47-16-8-5-13-42(47)37-11-3-2-4-12-37)41-28-29-45-44-14-6-9-17-48(44)56-51(45)33-41/h2-33H,34H2,1H3. The van der Waals surface area contributed by atoms with Crippen LogP contribution in [0.4, 0.5) is 17.1 Å². The van der Waals surface area contributed by atoms with E-state index in [1.807, 2.05) is 18.2 Å². The van der Waals surface area contributed by atoms with Gasteiger partial charge in [-0.1, -0.05) is 146 Å². The number of allylic oxidation sites excluding steroid dienone is 1. The molecule has 1 aliphatic carbocycles. The molecule has 0 radical (unpaired) electrons. The summed E-state index contributed by atoms with van der Waals surface area (Å²) in [6.07, 6.45) is 5.62. The number of rotatable bonds is 6. The zero-order chi connectivity index (χ0) is 37.2. The Bertz CT molecular complexity index is 3110. The second-order valence-electron chi connectivity index (χ2n) is 15.2. The van der Waals surface area contributed by atoms with Crippen LogP contribution in [0.25, 0.3) is 72.2 Å². The summed E-state index contributed by atoms with van der Waals surface area (Å²) >= 11 is 0. The fourth-order valence-electron chi connectivity index (χ4n) is 8.81. The fraction of sp³-hybridized carbons (Fsp3) is 0.0566. The number of para-hydroxylation sites is 3. The minimum absolute atomic E-state index is 0.115. The lowest BCUT2D eigenvalue weighted by Gasteiger charge is -2.31. The molecule has 0 fully saturated rings. The van der Waals surface area contributed by atoms with E-state index in [9.17, 15) is 0 Å². The average Bonchev–Trinajstić information content (AvgIpc) is 3.83. The quantitative estimate of drug-likeness (QED) is 0.171. The molecule has 0 aliphatic heterocycles. The number of benzene rings is 8. The summed E-state index contributed by atoms with van der Waals surface area (Å²) in [5, 5.41) is 4.64. The van der Waals surface area contributed by atoms with Crippen LogP contribution in [-0.2, 0) is 11.8 Å². The predicted molar refractivity (Wildman–Crippen MR) is 233 cm³/mol.